The van der Waals surface area contributed by atoms with Crippen molar-refractivity contribution in [1.82, 2.24) is 4.98 Å². The van der Waals surface area contributed by atoms with Gasteiger partial charge in [0.1, 0.15) is 5.01 Å². The summed E-state index contributed by atoms with van der Waals surface area (Å²) in [6.45, 7) is 4.02. The Kier molecular flexibility index (Phi) is 4.17. The Balaban J connectivity index is 2.43. The molecule has 1 N–H and O–H groups in total. The lowest BCUT2D eigenvalue weighted by Gasteiger charge is -1.95. The van der Waals surface area contributed by atoms with Crippen molar-refractivity contribution in [2.24, 2.45) is 0 Å². The molecule has 0 unspecified atom stereocenters. The Morgan fingerprint density at radius 2 is 2.00 bits per heavy atom. The Morgan fingerprint density at radius 3 is 2.56 bits per heavy atom. The SMILES string of the molecule is CC(C)=Cc1sc(-c2ccc(Cl)cc2)nc1CO. The number of benzene rings is 1. The van der Waals surface area contributed by atoms with Crippen LogP contribution in [0.4, 0.5) is 0 Å². The van der Waals surface area contributed by atoms with Crippen molar-refractivity contribution in [1.29, 1.82) is 0 Å². The Hall–Kier alpha value is -1.16. The molecule has 2 rings (SSSR count). The van der Waals surface area contributed by atoms with E-state index in [1.165, 1.54) is 5.57 Å². The summed E-state index contributed by atoms with van der Waals surface area (Å²) in [7, 11) is 0. The summed E-state index contributed by atoms with van der Waals surface area (Å²) in [5.41, 5.74) is 2.94. The zero-order chi connectivity index (χ0) is 13.1. The van der Waals surface area contributed by atoms with Gasteiger partial charge >= 0.3 is 0 Å². The number of halogens is 1. The van der Waals surface area contributed by atoms with E-state index >= 15 is 0 Å². The first kappa shape index (κ1) is 13.3. The number of thiazole rings is 1. The third-order valence-electron chi connectivity index (χ3n) is 2.39. The molecule has 0 radical (unpaired) electrons. The summed E-state index contributed by atoms with van der Waals surface area (Å²) in [5, 5.41) is 10.9. The second kappa shape index (κ2) is 5.65. The van der Waals surface area contributed by atoms with Crippen molar-refractivity contribution in [3.8, 4) is 10.6 Å². The highest BCUT2D eigenvalue weighted by Crippen LogP contribution is 2.30. The maximum atomic E-state index is 9.33. The third-order valence-corrected chi connectivity index (χ3v) is 3.73. The van der Waals surface area contributed by atoms with Gasteiger partial charge in [-0.3, -0.25) is 0 Å². The van der Waals surface area contributed by atoms with Crippen LogP contribution in [0.15, 0.2) is 29.8 Å². The second-order valence-corrected chi connectivity index (χ2v) is 5.68. The predicted octanol–water partition coefficient (Wildman–Crippen LogP) is 4.38. The van der Waals surface area contributed by atoms with Crippen LogP contribution in [0.1, 0.15) is 24.4 Å². The van der Waals surface area contributed by atoms with Gasteiger partial charge in [0, 0.05) is 10.6 Å². The van der Waals surface area contributed by atoms with E-state index in [2.05, 4.69) is 4.98 Å². The molecular weight excluding hydrogens is 266 g/mol. The zero-order valence-electron chi connectivity index (χ0n) is 10.3. The van der Waals surface area contributed by atoms with Gasteiger partial charge in [-0.1, -0.05) is 29.3 Å². The maximum absolute atomic E-state index is 9.33. The molecule has 0 amide bonds. The fourth-order valence-corrected chi connectivity index (χ4v) is 2.83. The van der Waals surface area contributed by atoms with E-state index in [-0.39, 0.29) is 6.61 Å². The minimum atomic E-state index is -0.0385. The minimum absolute atomic E-state index is 0.0385. The molecule has 94 valence electrons. The van der Waals surface area contributed by atoms with Gasteiger partial charge in [0.15, 0.2) is 0 Å². The molecule has 0 saturated heterocycles. The van der Waals surface area contributed by atoms with Crippen LogP contribution in [-0.2, 0) is 6.61 Å². The topological polar surface area (TPSA) is 33.1 Å². The number of rotatable bonds is 3. The van der Waals surface area contributed by atoms with Crippen molar-refractivity contribution >= 4 is 29.0 Å². The second-order valence-electron chi connectivity index (χ2n) is 4.22. The minimum Gasteiger partial charge on any atom is -0.390 e. The van der Waals surface area contributed by atoms with E-state index in [0.717, 1.165) is 21.1 Å². The molecule has 0 bridgehead atoms. The molecule has 1 aromatic heterocycles. The van der Waals surface area contributed by atoms with E-state index in [1.807, 2.05) is 44.2 Å². The smallest absolute Gasteiger partial charge is 0.124 e. The summed E-state index contributed by atoms with van der Waals surface area (Å²) in [4.78, 5) is 5.48. The predicted molar refractivity (Wildman–Crippen MR) is 77.8 cm³/mol. The van der Waals surface area contributed by atoms with Crippen molar-refractivity contribution in [3.05, 3.63) is 45.4 Å². The fraction of sp³-hybridized carbons (Fsp3) is 0.214. The molecule has 0 saturated carbocycles. The van der Waals surface area contributed by atoms with Crippen LogP contribution in [0, 0.1) is 0 Å². The van der Waals surface area contributed by atoms with Crippen molar-refractivity contribution < 1.29 is 5.11 Å². The average Bonchev–Trinajstić information content (AvgIpc) is 2.72. The number of nitrogens with zero attached hydrogens (tertiary/aromatic N) is 1. The highest BCUT2D eigenvalue weighted by Gasteiger charge is 2.10. The molecule has 4 heteroatoms. The van der Waals surface area contributed by atoms with Gasteiger partial charge in [-0.05, 0) is 32.1 Å². The van der Waals surface area contributed by atoms with Crippen LogP contribution in [0.3, 0.4) is 0 Å². The lowest BCUT2D eigenvalue weighted by atomic mass is 10.2. The van der Waals surface area contributed by atoms with E-state index in [4.69, 9.17) is 11.6 Å². The monoisotopic (exact) mass is 279 g/mol. The molecule has 2 nitrogen and oxygen atoms in total. The van der Waals surface area contributed by atoms with E-state index in [0.29, 0.717) is 5.02 Å². The van der Waals surface area contributed by atoms with Gasteiger partial charge in [-0.25, -0.2) is 4.98 Å². The largest absolute Gasteiger partial charge is 0.390 e. The van der Waals surface area contributed by atoms with Crippen LogP contribution >= 0.6 is 22.9 Å². The van der Waals surface area contributed by atoms with Gasteiger partial charge in [0.05, 0.1) is 17.2 Å². The van der Waals surface area contributed by atoms with Gasteiger partial charge in [-0.15, -0.1) is 11.3 Å². The van der Waals surface area contributed by atoms with Crippen molar-refractivity contribution in [2.45, 2.75) is 20.5 Å². The Bertz CT molecular complexity index is 568. The number of aliphatic hydroxyl groups is 1. The molecule has 0 aliphatic carbocycles. The summed E-state index contributed by atoms with van der Waals surface area (Å²) in [6.07, 6.45) is 2.04. The molecule has 1 aromatic carbocycles. The number of aromatic nitrogens is 1. The number of aliphatic hydroxyl groups excluding tert-OH is 1. The molecule has 0 spiro atoms. The molecule has 0 fully saturated rings. The highest BCUT2D eigenvalue weighted by molar-refractivity contribution is 7.16. The summed E-state index contributed by atoms with van der Waals surface area (Å²) in [5.74, 6) is 0. The normalized spacial score (nSPS) is 10.4. The molecular formula is C14H14ClNOS. The Labute approximate surface area is 116 Å². The van der Waals surface area contributed by atoms with Crippen LogP contribution in [0.25, 0.3) is 16.6 Å². The molecule has 0 atom stereocenters. The lowest BCUT2D eigenvalue weighted by molar-refractivity contribution is 0.277. The standard InChI is InChI=1S/C14H14ClNOS/c1-9(2)7-13-12(8-17)16-14(18-13)10-3-5-11(15)6-4-10/h3-7,17H,8H2,1-2H3. The first-order valence-electron chi connectivity index (χ1n) is 5.61. The average molecular weight is 280 g/mol. The highest BCUT2D eigenvalue weighted by atomic mass is 35.5. The lowest BCUT2D eigenvalue weighted by Crippen LogP contribution is -1.86. The molecule has 0 aliphatic rings. The van der Waals surface area contributed by atoms with Gasteiger partial charge in [0.25, 0.3) is 0 Å². The Morgan fingerprint density at radius 1 is 1.33 bits per heavy atom. The number of hydrogen-bond acceptors (Lipinski definition) is 3. The first-order valence-corrected chi connectivity index (χ1v) is 6.81. The van der Waals surface area contributed by atoms with Crippen molar-refractivity contribution in [3.63, 3.8) is 0 Å². The quantitative estimate of drug-likeness (QED) is 0.904. The van der Waals surface area contributed by atoms with Crippen LogP contribution in [0.5, 0.6) is 0 Å². The molecule has 0 aliphatic heterocycles. The summed E-state index contributed by atoms with van der Waals surface area (Å²) in [6, 6.07) is 7.57. The first-order chi connectivity index (χ1) is 8.60. The number of hydrogen-bond donors (Lipinski definition) is 1. The molecule has 2 aromatic rings. The van der Waals surface area contributed by atoms with E-state index in [9.17, 15) is 5.11 Å². The summed E-state index contributed by atoms with van der Waals surface area (Å²) >= 11 is 7.45. The van der Waals surface area contributed by atoms with Crippen molar-refractivity contribution in [2.75, 3.05) is 0 Å². The van der Waals surface area contributed by atoms with Gasteiger partial charge < -0.3 is 5.11 Å². The zero-order valence-corrected chi connectivity index (χ0v) is 11.8. The van der Waals surface area contributed by atoms with E-state index < -0.39 is 0 Å². The van der Waals surface area contributed by atoms with Gasteiger partial charge in [-0.2, -0.15) is 0 Å². The maximum Gasteiger partial charge on any atom is 0.124 e. The fourth-order valence-electron chi connectivity index (χ4n) is 1.57. The summed E-state index contributed by atoms with van der Waals surface area (Å²) < 4.78 is 0. The third kappa shape index (κ3) is 2.99. The van der Waals surface area contributed by atoms with Crippen LogP contribution in [-0.4, -0.2) is 10.1 Å². The molecule has 1 heterocycles. The molecule has 18 heavy (non-hydrogen) atoms. The van der Waals surface area contributed by atoms with Gasteiger partial charge in [0.2, 0.25) is 0 Å². The number of allylic oxidation sites excluding steroid dienone is 1. The van der Waals surface area contributed by atoms with Crippen LogP contribution in [0.2, 0.25) is 5.02 Å². The van der Waals surface area contributed by atoms with E-state index in [1.54, 1.807) is 11.3 Å². The van der Waals surface area contributed by atoms with Crippen LogP contribution < -0.4 is 0 Å².